The summed E-state index contributed by atoms with van der Waals surface area (Å²) in [6.45, 7) is -0.531. The molecule has 1 aliphatic rings. The summed E-state index contributed by atoms with van der Waals surface area (Å²) >= 11 is 0. The molecule has 20 heavy (non-hydrogen) atoms. The normalized spacial score (nSPS) is 19.2. The van der Waals surface area contributed by atoms with Crippen LogP contribution in [0.4, 0.5) is 8.78 Å². The second-order valence-corrected chi connectivity index (χ2v) is 4.50. The number of alkyl halides is 2. The minimum Gasteiger partial charge on any atom is -0.435 e. The number of nitrogens with one attached hydrogen (secondary N) is 1. The predicted molar refractivity (Wildman–Crippen MR) is 69.8 cm³/mol. The lowest BCUT2D eigenvalue weighted by atomic mass is 10.1. The van der Waals surface area contributed by atoms with Crippen molar-refractivity contribution in [3.05, 3.63) is 29.8 Å². The molecule has 1 atom stereocenters. The lowest BCUT2D eigenvalue weighted by Gasteiger charge is -2.35. The van der Waals surface area contributed by atoms with Gasteiger partial charge in [0.15, 0.2) is 0 Å². The van der Waals surface area contributed by atoms with Crippen LogP contribution < -0.4 is 15.8 Å². The van der Waals surface area contributed by atoms with Crippen molar-refractivity contribution >= 4 is 5.91 Å². The van der Waals surface area contributed by atoms with Gasteiger partial charge in [0.1, 0.15) is 5.75 Å². The van der Waals surface area contributed by atoms with Gasteiger partial charge in [-0.3, -0.25) is 4.79 Å². The van der Waals surface area contributed by atoms with E-state index in [1.165, 1.54) is 24.3 Å². The Hall–Kier alpha value is -1.73. The van der Waals surface area contributed by atoms with Crippen LogP contribution in [0.5, 0.6) is 5.75 Å². The summed E-state index contributed by atoms with van der Waals surface area (Å²) < 4.78 is 28.3. The molecule has 1 aliphatic heterocycles. The Bertz CT molecular complexity index is 453. The van der Waals surface area contributed by atoms with Crippen molar-refractivity contribution in [2.45, 2.75) is 12.7 Å². The fourth-order valence-electron chi connectivity index (χ4n) is 2.18. The van der Waals surface area contributed by atoms with E-state index in [0.29, 0.717) is 25.2 Å². The zero-order valence-corrected chi connectivity index (χ0v) is 10.9. The largest absolute Gasteiger partial charge is 0.435 e. The second-order valence-electron chi connectivity index (χ2n) is 4.50. The van der Waals surface area contributed by atoms with Gasteiger partial charge in [0, 0.05) is 31.7 Å². The molecular weight excluding hydrogens is 268 g/mol. The number of hydrogen-bond acceptors (Lipinski definition) is 4. The number of amides is 1. The second kappa shape index (κ2) is 6.62. The van der Waals surface area contributed by atoms with Crippen molar-refractivity contribution in [1.29, 1.82) is 0 Å². The van der Waals surface area contributed by atoms with Crippen molar-refractivity contribution in [2.24, 2.45) is 5.73 Å². The number of ether oxygens (including phenoxy) is 1. The molecule has 1 amide bonds. The maximum atomic E-state index is 12.4. The first-order chi connectivity index (χ1) is 9.61. The van der Waals surface area contributed by atoms with Gasteiger partial charge in [-0.15, -0.1) is 0 Å². The first kappa shape index (κ1) is 14.7. The Morgan fingerprint density at radius 1 is 1.45 bits per heavy atom. The number of benzene rings is 1. The number of nitrogens with two attached hydrogens (primary N) is 1. The first-order valence-corrected chi connectivity index (χ1v) is 6.38. The van der Waals surface area contributed by atoms with Gasteiger partial charge < -0.3 is 20.7 Å². The van der Waals surface area contributed by atoms with Crippen LogP contribution in [0, 0.1) is 0 Å². The van der Waals surface area contributed by atoms with Gasteiger partial charge in [-0.1, -0.05) is 0 Å². The molecular formula is C13H17F2N3O2. The Morgan fingerprint density at radius 2 is 2.15 bits per heavy atom. The van der Waals surface area contributed by atoms with Crippen LogP contribution in [0.3, 0.4) is 0 Å². The Balaban J connectivity index is 2.08. The average Bonchev–Trinajstić information content (AvgIpc) is 2.46. The molecule has 1 aromatic rings. The third-order valence-corrected chi connectivity index (χ3v) is 3.21. The fourth-order valence-corrected chi connectivity index (χ4v) is 2.18. The number of hydrogen-bond donors (Lipinski definition) is 2. The molecule has 0 aliphatic carbocycles. The van der Waals surface area contributed by atoms with Crippen molar-refractivity contribution < 1.29 is 18.3 Å². The van der Waals surface area contributed by atoms with Crippen molar-refractivity contribution in [3.8, 4) is 5.75 Å². The lowest BCUT2D eigenvalue weighted by molar-refractivity contribution is -0.0498. The van der Waals surface area contributed by atoms with Gasteiger partial charge >= 0.3 is 6.61 Å². The monoisotopic (exact) mass is 285 g/mol. The molecule has 1 unspecified atom stereocenters. The van der Waals surface area contributed by atoms with Crippen LogP contribution in [0.2, 0.25) is 0 Å². The SMILES string of the molecule is NCC1CNCCN1C(=O)c1ccc(OC(F)F)cc1. The summed E-state index contributed by atoms with van der Waals surface area (Å²) in [5, 5.41) is 3.18. The van der Waals surface area contributed by atoms with E-state index in [4.69, 9.17) is 5.73 Å². The molecule has 0 spiro atoms. The van der Waals surface area contributed by atoms with Gasteiger partial charge in [-0.2, -0.15) is 8.78 Å². The van der Waals surface area contributed by atoms with Gasteiger partial charge in [-0.05, 0) is 24.3 Å². The molecule has 0 aromatic heterocycles. The number of carbonyl (C=O) groups excluding carboxylic acids is 1. The summed E-state index contributed by atoms with van der Waals surface area (Å²) in [5.74, 6) is -0.113. The Kier molecular flexibility index (Phi) is 4.86. The summed E-state index contributed by atoms with van der Waals surface area (Å²) in [5.41, 5.74) is 6.09. The smallest absolute Gasteiger partial charge is 0.387 e. The minimum atomic E-state index is -2.87. The first-order valence-electron chi connectivity index (χ1n) is 6.38. The zero-order chi connectivity index (χ0) is 14.5. The molecule has 3 N–H and O–H groups in total. The number of carbonyl (C=O) groups is 1. The number of halogens is 2. The third-order valence-electron chi connectivity index (χ3n) is 3.21. The maximum absolute atomic E-state index is 12.4. The molecule has 1 aromatic carbocycles. The number of piperazine rings is 1. The quantitative estimate of drug-likeness (QED) is 0.853. The Morgan fingerprint density at radius 3 is 2.75 bits per heavy atom. The molecule has 2 rings (SSSR count). The predicted octanol–water partition coefficient (Wildman–Crippen LogP) is 0.661. The van der Waals surface area contributed by atoms with E-state index in [2.05, 4.69) is 10.1 Å². The molecule has 5 nitrogen and oxygen atoms in total. The maximum Gasteiger partial charge on any atom is 0.387 e. The molecule has 1 saturated heterocycles. The molecule has 1 heterocycles. The summed E-state index contributed by atoms with van der Waals surface area (Å²) in [6.07, 6.45) is 0. The highest BCUT2D eigenvalue weighted by Crippen LogP contribution is 2.17. The molecule has 0 radical (unpaired) electrons. The van der Waals surface area contributed by atoms with Crippen molar-refractivity contribution in [1.82, 2.24) is 10.2 Å². The number of rotatable bonds is 4. The molecule has 0 saturated carbocycles. The third kappa shape index (κ3) is 3.43. The zero-order valence-electron chi connectivity index (χ0n) is 10.9. The number of nitrogens with zero attached hydrogens (tertiary/aromatic N) is 1. The summed E-state index contributed by atoms with van der Waals surface area (Å²) in [4.78, 5) is 14.1. The van der Waals surface area contributed by atoms with E-state index in [0.717, 1.165) is 6.54 Å². The van der Waals surface area contributed by atoms with E-state index in [-0.39, 0.29) is 17.7 Å². The Labute approximate surface area is 115 Å². The van der Waals surface area contributed by atoms with Crippen LogP contribution in [-0.4, -0.2) is 49.6 Å². The van der Waals surface area contributed by atoms with Gasteiger partial charge in [0.05, 0.1) is 6.04 Å². The van der Waals surface area contributed by atoms with Gasteiger partial charge in [-0.25, -0.2) is 0 Å². The summed E-state index contributed by atoms with van der Waals surface area (Å²) in [6, 6.07) is 5.64. The van der Waals surface area contributed by atoms with Crippen LogP contribution in [0.1, 0.15) is 10.4 Å². The lowest BCUT2D eigenvalue weighted by Crippen LogP contribution is -2.56. The van der Waals surface area contributed by atoms with Gasteiger partial charge in [0.2, 0.25) is 0 Å². The van der Waals surface area contributed by atoms with Crippen LogP contribution in [-0.2, 0) is 0 Å². The van der Waals surface area contributed by atoms with Crippen LogP contribution in [0.15, 0.2) is 24.3 Å². The highest BCUT2D eigenvalue weighted by Gasteiger charge is 2.26. The molecule has 0 bridgehead atoms. The van der Waals surface area contributed by atoms with E-state index in [1.54, 1.807) is 4.90 Å². The topological polar surface area (TPSA) is 67.6 Å². The highest BCUT2D eigenvalue weighted by molar-refractivity contribution is 5.94. The molecule has 110 valence electrons. The molecule has 1 fully saturated rings. The van der Waals surface area contributed by atoms with E-state index in [1.807, 2.05) is 0 Å². The van der Waals surface area contributed by atoms with E-state index >= 15 is 0 Å². The molecule has 7 heteroatoms. The average molecular weight is 285 g/mol. The van der Waals surface area contributed by atoms with Crippen LogP contribution in [0.25, 0.3) is 0 Å². The van der Waals surface area contributed by atoms with Crippen molar-refractivity contribution in [2.75, 3.05) is 26.2 Å². The minimum absolute atomic E-state index is 0.0345. The van der Waals surface area contributed by atoms with E-state index in [9.17, 15) is 13.6 Å². The van der Waals surface area contributed by atoms with Crippen molar-refractivity contribution in [3.63, 3.8) is 0 Å². The highest BCUT2D eigenvalue weighted by atomic mass is 19.3. The fraction of sp³-hybridized carbons (Fsp3) is 0.462. The van der Waals surface area contributed by atoms with Gasteiger partial charge in [0.25, 0.3) is 5.91 Å². The van der Waals surface area contributed by atoms with Crippen LogP contribution >= 0.6 is 0 Å². The van der Waals surface area contributed by atoms with E-state index < -0.39 is 6.61 Å². The summed E-state index contributed by atoms with van der Waals surface area (Å²) in [7, 11) is 0. The standard InChI is InChI=1S/C13H17F2N3O2/c14-13(15)20-11-3-1-9(2-4-11)12(19)18-6-5-17-8-10(18)7-16/h1-4,10,13,17H,5-8,16H2.